The summed E-state index contributed by atoms with van der Waals surface area (Å²) >= 11 is 0. The smallest absolute Gasteiger partial charge is 0.340 e. The molecule has 114 valence electrons. The van der Waals surface area contributed by atoms with E-state index in [-0.39, 0.29) is 0 Å². The van der Waals surface area contributed by atoms with Gasteiger partial charge in [0.15, 0.2) is 0 Å². The summed E-state index contributed by atoms with van der Waals surface area (Å²) in [7, 11) is 0. The molecule has 1 aromatic heterocycles. The molecule has 1 heterocycles. The van der Waals surface area contributed by atoms with Crippen molar-refractivity contribution >= 4 is 5.97 Å². The van der Waals surface area contributed by atoms with Gasteiger partial charge < -0.3 is 4.74 Å². The van der Waals surface area contributed by atoms with Crippen molar-refractivity contribution in [2.75, 3.05) is 6.61 Å². The summed E-state index contributed by atoms with van der Waals surface area (Å²) in [6.07, 6.45) is 0. The van der Waals surface area contributed by atoms with Gasteiger partial charge in [0.1, 0.15) is 5.69 Å². The molecular weight excluding hydrogens is 288 g/mol. The third kappa shape index (κ3) is 3.26. The van der Waals surface area contributed by atoms with Crippen molar-refractivity contribution in [3.8, 4) is 22.5 Å². The molecule has 0 aliphatic carbocycles. The number of ether oxygens (including phenoxy) is 1. The van der Waals surface area contributed by atoms with Crippen molar-refractivity contribution in [2.24, 2.45) is 0 Å². The number of benzene rings is 2. The Morgan fingerprint density at radius 3 is 2.13 bits per heavy atom. The highest BCUT2D eigenvalue weighted by atomic mass is 16.5. The summed E-state index contributed by atoms with van der Waals surface area (Å²) in [6, 6.07) is 20.9. The first-order valence-electron chi connectivity index (χ1n) is 7.45. The van der Waals surface area contributed by atoms with Gasteiger partial charge in [-0.25, -0.2) is 4.79 Å². The van der Waals surface area contributed by atoms with Crippen molar-refractivity contribution in [1.82, 2.24) is 10.2 Å². The highest BCUT2D eigenvalue weighted by molar-refractivity contribution is 5.97. The number of aromatic nitrogens is 2. The van der Waals surface area contributed by atoms with Crippen LogP contribution in [0.4, 0.5) is 0 Å². The molecule has 0 saturated heterocycles. The van der Waals surface area contributed by atoms with Gasteiger partial charge in [-0.3, -0.25) is 0 Å². The Labute approximate surface area is 134 Å². The number of carbonyl (C=O) groups is 1. The van der Waals surface area contributed by atoms with Crippen LogP contribution < -0.4 is 0 Å². The summed E-state index contributed by atoms with van der Waals surface area (Å²) < 4.78 is 5.17. The average molecular weight is 304 g/mol. The molecule has 3 aromatic rings. The molecule has 0 atom stereocenters. The molecule has 0 fully saturated rings. The molecule has 4 heteroatoms. The molecule has 0 bridgehead atoms. The molecule has 0 aliphatic heterocycles. The van der Waals surface area contributed by atoms with Gasteiger partial charge in [0.2, 0.25) is 0 Å². The largest absolute Gasteiger partial charge is 0.462 e. The Hall–Kier alpha value is -3.01. The number of hydrogen-bond donors (Lipinski definition) is 0. The minimum absolute atomic E-state index is 0.316. The zero-order valence-electron chi connectivity index (χ0n) is 12.8. The third-order valence-electron chi connectivity index (χ3n) is 3.41. The lowest BCUT2D eigenvalue weighted by atomic mass is 10.0. The summed E-state index contributed by atoms with van der Waals surface area (Å²) in [5.74, 6) is -0.390. The summed E-state index contributed by atoms with van der Waals surface area (Å²) in [4.78, 5) is 12.3. The minimum atomic E-state index is -0.390. The van der Waals surface area contributed by atoms with Crippen LogP contribution in [-0.4, -0.2) is 22.8 Å². The van der Waals surface area contributed by atoms with Crippen molar-refractivity contribution in [3.63, 3.8) is 0 Å². The van der Waals surface area contributed by atoms with Gasteiger partial charge >= 0.3 is 5.97 Å². The first-order valence-corrected chi connectivity index (χ1v) is 7.45. The summed E-state index contributed by atoms with van der Waals surface area (Å²) in [5.41, 5.74) is 3.34. The molecule has 0 N–H and O–H groups in total. The van der Waals surface area contributed by atoms with Crippen LogP contribution in [0.2, 0.25) is 0 Å². The number of nitrogens with zero attached hydrogens (tertiary/aromatic N) is 2. The maximum absolute atomic E-state index is 12.3. The van der Waals surface area contributed by atoms with E-state index in [0.717, 1.165) is 11.1 Å². The van der Waals surface area contributed by atoms with E-state index in [1.807, 2.05) is 60.7 Å². The Bertz CT molecular complexity index is 802. The lowest BCUT2D eigenvalue weighted by molar-refractivity contribution is 0.0526. The predicted molar refractivity (Wildman–Crippen MR) is 88.9 cm³/mol. The SMILES string of the molecule is CCOC(=O)c1cc(-c2ccccc2)nnc1-c1ccccc1. The van der Waals surface area contributed by atoms with Crippen molar-refractivity contribution < 1.29 is 9.53 Å². The zero-order chi connectivity index (χ0) is 16.1. The first kappa shape index (κ1) is 14.9. The Morgan fingerprint density at radius 2 is 1.52 bits per heavy atom. The average Bonchev–Trinajstić information content (AvgIpc) is 2.63. The lowest BCUT2D eigenvalue weighted by Gasteiger charge is -2.09. The molecule has 0 spiro atoms. The van der Waals surface area contributed by atoms with Crippen molar-refractivity contribution in [1.29, 1.82) is 0 Å². The van der Waals surface area contributed by atoms with Gasteiger partial charge in [0.25, 0.3) is 0 Å². The van der Waals surface area contributed by atoms with Crippen molar-refractivity contribution in [3.05, 3.63) is 72.3 Å². The standard InChI is InChI=1S/C19H16N2O2/c1-2-23-19(22)16-13-17(14-9-5-3-6-10-14)20-21-18(16)15-11-7-4-8-12-15/h3-13H,2H2,1H3. The minimum Gasteiger partial charge on any atom is -0.462 e. The highest BCUT2D eigenvalue weighted by Crippen LogP contribution is 2.25. The van der Waals surface area contributed by atoms with Crippen LogP contribution >= 0.6 is 0 Å². The first-order chi connectivity index (χ1) is 11.3. The maximum Gasteiger partial charge on any atom is 0.340 e. The molecule has 4 nitrogen and oxygen atoms in total. The molecule has 2 aromatic carbocycles. The van der Waals surface area contributed by atoms with Crippen LogP contribution in [0, 0.1) is 0 Å². The second kappa shape index (κ2) is 6.83. The quantitative estimate of drug-likeness (QED) is 0.684. The topological polar surface area (TPSA) is 52.1 Å². The van der Waals surface area contributed by atoms with E-state index in [0.29, 0.717) is 23.6 Å². The maximum atomic E-state index is 12.3. The Kier molecular flexibility index (Phi) is 4.43. The van der Waals surface area contributed by atoms with Gasteiger partial charge in [0.05, 0.1) is 17.9 Å². The fourth-order valence-electron chi connectivity index (χ4n) is 2.32. The van der Waals surface area contributed by atoms with E-state index in [9.17, 15) is 4.79 Å². The molecule has 0 radical (unpaired) electrons. The number of esters is 1. The molecule has 0 saturated carbocycles. The number of hydrogen-bond acceptors (Lipinski definition) is 4. The van der Waals surface area contributed by atoms with Gasteiger partial charge in [-0.15, -0.1) is 10.2 Å². The molecular formula is C19H16N2O2. The predicted octanol–water partition coefficient (Wildman–Crippen LogP) is 3.99. The van der Waals surface area contributed by atoms with E-state index < -0.39 is 5.97 Å². The van der Waals surface area contributed by atoms with Crippen molar-refractivity contribution in [2.45, 2.75) is 6.92 Å². The molecule has 0 unspecified atom stereocenters. The third-order valence-corrected chi connectivity index (χ3v) is 3.41. The Morgan fingerprint density at radius 1 is 0.913 bits per heavy atom. The molecule has 3 rings (SSSR count). The van der Waals surface area contributed by atoms with E-state index in [1.165, 1.54) is 0 Å². The second-order valence-electron chi connectivity index (χ2n) is 4.94. The zero-order valence-corrected chi connectivity index (χ0v) is 12.8. The van der Waals surface area contributed by atoms with E-state index >= 15 is 0 Å². The fourth-order valence-corrected chi connectivity index (χ4v) is 2.32. The lowest BCUT2D eigenvalue weighted by Crippen LogP contribution is -2.09. The molecule has 0 amide bonds. The van der Waals surface area contributed by atoms with Crippen LogP contribution in [0.1, 0.15) is 17.3 Å². The van der Waals surface area contributed by atoms with Crippen LogP contribution in [0.5, 0.6) is 0 Å². The monoisotopic (exact) mass is 304 g/mol. The normalized spacial score (nSPS) is 10.3. The van der Waals surface area contributed by atoms with E-state index in [1.54, 1.807) is 13.0 Å². The van der Waals surface area contributed by atoms with Crippen LogP contribution in [-0.2, 0) is 4.74 Å². The van der Waals surface area contributed by atoms with Gasteiger partial charge in [-0.05, 0) is 13.0 Å². The fraction of sp³-hybridized carbons (Fsp3) is 0.105. The van der Waals surface area contributed by atoms with E-state index in [4.69, 9.17) is 4.74 Å². The second-order valence-corrected chi connectivity index (χ2v) is 4.94. The van der Waals surface area contributed by atoms with Gasteiger partial charge in [-0.1, -0.05) is 60.7 Å². The number of carbonyl (C=O) groups excluding carboxylic acids is 1. The van der Waals surface area contributed by atoms with Gasteiger partial charge in [-0.2, -0.15) is 0 Å². The highest BCUT2D eigenvalue weighted by Gasteiger charge is 2.17. The molecule has 0 aliphatic rings. The Balaban J connectivity index is 2.12. The van der Waals surface area contributed by atoms with Gasteiger partial charge in [0, 0.05) is 11.1 Å². The molecule has 23 heavy (non-hydrogen) atoms. The van der Waals surface area contributed by atoms with Crippen LogP contribution in [0.15, 0.2) is 66.7 Å². The van der Waals surface area contributed by atoms with Crippen LogP contribution in [0.25, 0.3) is 22.5 Å². The number of rotatable bonds is 4. The van der Waals surface area contributed by atoms with E-state index in [2.05, 4.69) is 10.2 Å². The van der Waals surface area contributed by atoms with Crippen LogP contribution in [0.3, 0.4) is 0 Å². The summed E-state index contributed by atoms with van der Waals surface area (Å²) in [6.45, 7) is 2.10. The summed E-state index contributed by atoms with van der Waals surface area (Å²) in [5, 5.41) is 8.55.